The van der Waals surface area contributed by atoms with Gasteiger partial charge in [0.2, 0.25) is 5.88 Å². The minimum Gasteiger partial charge on any atom is -0.475 e. The molecule has 1 atom stereocenters. The van der Waals surface area contributed by atoms with Crippen LogP contribution < -0.4 is 4.74 Å². The van der Waals surface area contributed by atoms with Gasteiger partial charge in [-0.15, -0.1) is 0 Å². The number of hydrogen-bond acceptors (Lipinski definition) is 3. The van der Waals surface area contributed by atoms with Crippen molar-refractivity contribution < 1.29 is 9.16 Å². The Morgan fingerprint density at radius 2 is 2.18 bits per heavy atom. The summed E-state index contributed by atoms with van der Waals surface area (Å²) in [5.74, 6) is 0.847. The fourth-order valence-electron chi connectivity index (χ4n) is 1.67. The van der Waals surface area contributed by atoms with Crippen LogP contribution in [0.4, 0.5) is 0 Å². The van der Waals surface area contributed by atoms with Crippen molar-refractivity contribution in [2.45, 2.75) is 51.6 Å². The standard InChI is InChI=1S/C12H22N2O2Si/c1-12(2,3)17(4,5)16-10-8-14-11(15-9-10)6-7-13-14/h6-7,10H,8-9H2,1-5H3/t10-/m1/s1. The summed E-state index contributed by atoms with van der Waals surface area (Å²) in [4.78, 5) is 0. The number of rotatable bonds is 2. The third kappa shape index (κ3) is 2.55. The van der Waals surface area contributed by atoms with Gasteiger partial charge in [0.1, 0.15) is 6.61 Å². The SMILES string of the molecule is CC(C)(C)[Si](C)(C)O[C@H]1COc2ccnn2C1. The molecule has 96 valence electrons. The van der Waals surface area contributed by atoms with Crippen LogP contribution in [-0.2, 0) is 11.0 Å². The second-order valence-electron chi connectivity index (χ2n) is 6.16. The topological polar surface area (TPSA) is 36.3 Å². The highest BCUT2D eigenvalue weighted by Crippen LogP contribution is 2.37. The van der Waals surface area contributed by atoms with Crippen LogP contribution in [-0.4, -0.2) is 30.8 Å². The summed E-state index contributed by atoms with van der Waals surface area (Å²) in [7, 11) is -1.71. The lowest BCUT2D eigenvalue weighted by molar-refractivity contribution is 0.0636. The first kappa shape index (κ1) is 12.6. The largest absolute Gasteiger partial charge is 0.475 e. The number of aromatic nitrogens is 2. The van der Waals surface area contributed by atoms with E-state index in [0.717, 1.165) is 12.4 Å². The monoisotopic (exact) mass is 254 g/mol. The van der Waals surface area contributed by atoms with Gasteiger partial charge in [-0.2, -0.15) is 5.10 Å². The maximum absolute atomic E-state index is 6.32. The second kappa shape index (κ2) is 4.14. The van der Waals surface area contributed by atoms with E-state index >= 15 is 0 Å². The molecule has 1 aromatic heterocycles. The Bertz CT molecular complexity index is 395. The molecule has 0 spiro atoms. The maximum Gasteiger partial charge on any atom is 0.211 e. The Balaban J connectivity index is 2.03. The molecule has 2 heterocycles. The number of nitrogens with zero attached hydrogens (tertiary/aromatic N) is 2. The van der Waals surface area contributed by atoms with Crippen molar-refractivity contribution in [3.8, 4) is 5.88 Å². The van der Waals surface area contributed by atoms with Gasteiger partial charge in [0.25, 0.3) is 0 Å². The molecule has 17 heavy (non-hydrogen) atoms. The van der Waals surface area contributed by atoms with Gasteiger partial charge in [-0.3, -0.25) is 0 Å². The third-order valence-corrected chi connectivity index (χ3v) is 8.27. The minimum absolute atomic E-state index is 0.128. The first-order valence-electron chi connectivity index (χ1n) is 6.12. The predicted molar refractivity (Wildman–Crippen MR) is 69.8 cm³/mol. The van der Waals surface area contributed by atoms with Gasteiger partial charge in [-0.05, 0) is 18.1 Å². The maximum atomic E-state index is 6.32. The Kier molecular flexibility index (Phi) is 3.07. The van der Waals surface area contributed by atoms with Crippen molar-refractivity contribution >= 4 is 8.32 Å². The zero-order valence-electron chi connectivity index (χ0n) is 11.4. The summed E-state index contributed by atoms with van der Waals surface area (Å²) < 4.78 is 13.8. The van der Waals surface area contributed by atoms with Gasteiger partial charge in [-0.1, -0.05) is 20.8 Å². The molecule has 2 rings (SSSR count). The smallest absolute Gasteiger partial charge is 0.211 e. The average molecular weight is 254 g/mol. The van der Waals surface area contributed by atoms with Crippen molar-refractivity contribution in [2.75, 3.05) is 6.61 Å². The van der Waals surface area contributed by atoms with Crippen molar-refractivity contribution in [1.82, 2.24) is 9.78 Å². The van der Waals surface area contributed by atoms with E-state index in [0.29, 0.717) is 6.61 Å². The first-order chi connectivity index (χ1) is 7.79. The Morgan fingerprint density at radius 1 is 1.47 bits per heavy atom. The van der Waals surface area contributed by atoms with E-state index in [-0.39, 0.29) is 11.1 Å². The Labute approximate surface area is 104 Å². The lowest BCUT2D eigenvalue weighted by atomic mass is 10.2. The molecule has 0 aliphatic carbocycles. The fourth-order valence-corrected chi connectivity index (χ4v) is 3.00. The number of ether oxygens (including phenoxy) is 1. The van der Waals surface area contributed by atoms with E-state index in [1.165, 1.54) is 0 Å². The van der Waals surface area contributed by atoms with Gasteiger partial charge in [0, 0.05) is 6.07 Å². The van der Waals surface area contributed by atoms with Crippen LogP contribution in [0.1, 0.15) is 20.8 Å². The number of fused-ring (bicyclic) bond motifs is 1. The molecular formula is C12H22N2O2Si. The van der Waals surface area contributed by atoms with Crippen LogP contribution in [0.2, 0.25) is 18.1 Å². The predicted octanol–water partition coefficient (Wildman–Crippen LogP) is 2.67. The fraction of sp³-hybridized carbons (Fsp3) is 0.750. The van der Waals surface area contributed by atoms with Crippen molar-refractivity contribution in [3.05, 3.63) is 12.3 Å². The summed E-state index contributed by atoms with van der Waals surface area (Å²) >= 11 is 0. The highest BCUT2D eigenvalue weighted by molar-refractivity contribution is 6.74. The van der Waals surface area contributed by atoms with Crippen molar-refractivity contribution in [3.63, 3.8) is 0 Å². The summed E-state index contributed by atoms with van der Waals surface area (Å²) in [6.07, 6.45) is 1.90. The Hall–Kier alpha value is -0.813. The molecule has 0 saturated carbocycles. The highest BCUT2D eigenvalue weighted by atomic mass is 28.4. The summed E-state index contributed by atoms with van der Waals surface area (Å²) in [5, 5.41) is 4.46. The average Bonchev–Trinajstić information content (AvgIpc) is 2.62. The van der Waals surface area contributed by atoms with Crippen molar-refractivity contribution in [1.29, 1.82) is 0 Å². The Morgan fingerprint density at radius 3 is 2.82 bits per heavy atom. The molecule has 0 unspecified atom stereocenters. The van der Waals surface area contributed by atoms with Gasteiger partial charge >= 0.3 is 0 Å². The molecule has 4 nitrogen and oxygen atoms in total. The zero-order chi connectivity index (χ0) is 12.7. The first-order valence-corrected chi connectivity index (χ1v) is 9.03. The quantitative estimate of drug-likeness (QED) is 0.761. The van der Waals surface area contributed by atoms with Crippen LogP contribution in [0.25, 0.3) is 0 Å². The van der Waals surface area contributed by atoms with Crippen LogP contribution in [0.15, 0.2) is 12.3 Å². The molecule has 0 saturated heterocycles. The molecule has 5 heteroatoms. The van der Waals surface area contributed by atoms with Gasteiger partial charge < -0.3 is 9.16 Å². The summed E-state index contributed by atoms with van der Waals surface area (Å²) in [5.41, 5.74) is 0. The van der Waals surface area contributed by atoms with E-state index in [1.54, 1.807) is 6.20 Å². The van der Waals surface area contributed by atoms with Crippen molar-refractivity contribution in [2.24, 2.45) is 0 Å². The lowest BCUT2D eigenvalue weighted by Crippen LogP contribution is -2.47. The van der Waals surface area contributed by atoms with Crippen LogP contribution >= 0.6 is 0 Å². The van der Waals surface area contributed by atoms with E-state index < -0.39 is 8.32 Å². The van der Waals surface area contributed by atoms with Gasteiger partial charge in [-0.25, -0.2) is 4.68 Å². The molecule has 0 N–H and O–H groups in total. The molecule has 0 amide bonds. The normalized spacial score (nSPS) is 20.9. The second-order valence-corrected chi connectivity index (χ2v) is 10.9. The van der Waals surface area contributed by atoms with Gasteiger partial charge in [0.15, 0.2) is 8.32 Å². The summed E-state index contributed by atoms with van der Waals surface area (Å²) in [6, 6.07) is 1.89. The zero-order valence-corrected chi connectivity index (χ0v) is 12.4. The van der Waals surface area contributed by atoms with Gasteiger partial charge in [0.05, 0.1) is 18.8 Å². The molecule has 0 aromatic carbocycles. The minimum atomic E-state index is -1.71. The molecule has 1 aliphatic heterocycles. The van der Waals surface area contributed by atoms with E-state index in [1.807, 2.05) is 10.7 Å². The molecule has 1 aliphatic rings. The van der Waals surface area contributed by atoms with E-state index in [2.05, 4.69) is 39.0 Å². The van der Waals surface area contributed by atoms with Crippen LogP contribution in [0, 0.1) is 0 Å². The molecule has 0 fully saturated rings. The number of hydrogen-bond donors (Lipinski definition) is 0. The summed E-state index contributed by atoms with van der Waals surface area (Å²) in [6.45, 7) is 12.7. The molecular weight excluding hydrogens is 232 g/mol. The van der Waals surface area contributed by atoms with Crippen LogP contribution in [0.3, 0.4) is 0 Å². The van der Waals surface area contributed by atoms with E-state index in [4.69, 9.17) is 9.16 Å². The lowest BCUT2D eigenvalue weighted by Gasteiger charge is -2.40. The highest BCUT2D eigenvalue weighted by Gasteiger charge is 2.40. The molecule has 1 aromatic rings. The molecule has 0 radical (unpaired) electrons. The third-order valence-electron chi connectivity index (χ3n) is 3.74. The van der Waals surface area contributed by atoms with Crippen LogP contribution in [0.5, 0.6) is 5.88 Å². The van der Waals surface area contributed by atoms with E-state index in [9.17, 15) is 0 Å². The molecule has 0 bridgehead atoms.